The molecule has 2 fully saturated rings. The van der Waals surface area contributed by atoms with E-state index in [2.05, 4.69) is 0 Å². The molecule has 0 aliphatic carbocycles. The quantitative estimate of drug-likeness (QED) is 0.675. The molecule has 0 saturated carbocycles. The van der Waals surface area contributed by atoms with Crippen LogP contribution in [0.1, 0.15) is 38.5 Å². The fourth-order valence-electron chi connectivity index (χ4n) is 1.37. The summed E-state index contributed by atoms with van der Waals surface area (Å²) < 4.78 is 10.1. The van der Waals surface area contributed by atoms with E-state index in [-0.39, 0.29) is 34.0 Å². The monoisotopic (exact) mass is 332 g/mol. The third kappa shape index (κ3) is 11.0. The van der Waals surface area contributed by atoms with Gasteiger partial charge in [0.2, 0.25) is 0 Å². The molecular weight excluding hydrogens is 312 g/mol. The summed E-state index contributed by atoms with van der Waals surface area (Å²) >= 11 is 0. The molecule has 2 aliphatic heterocycles. The van der Waals surface area contributed by atoms with Gasteiger partial charge in [-0.25, -0.2) is 0 Å². The summed E-state index contributed by atoms with van der Waals surface area (Å²) in [7, 11) is 0. The normalized spacial score (nSPS) is 20.6. The number of hydrogen-bond donors (Lipinski definition) is 0. The highest BCUT2D eigenvalue weighted by Gasteiger charge is 1.95. The van der Waals surface area contributed by atoms with Crippen molar-refractivity contribution in [2.24, 2.45) is 0 Å². The van der Waals surface area contributed by atoms with Crippen molar-refractivity contribution in [3.8, 4) is 0 Å². The zero-order valence-corrected chi connectivity index (χ0v) is 12.1. The maximum Gasteiger partial charge on any atom is 0.0466 e. The lowest BCUT2D eigenvalue weighted by atomic mass is 10.2. The average Bonchev–Trinajstić information content (AvgIpc) is 2.24. The van der Waals surface area contributed by atoms with Crippen LogP contribution in [0.25, 0.3) is 0 Å². The SMILES string of the molecule is Br.Br.C1CCOCC1.C1CCOCC1. The van der Waals surface area contributed by atoms with E-state index in [1.54, 1.807) is 0 Å². The lowest BCUT2D eigenvalue weighted by molar-refractivity contribution is 0.0967. The van der Waals surface area contributed by atoms with Gasteiger partial charge in [0.05, 0.1) is 0 Å². The van der Waals surface area contributed by atoms with Crippen LogP contribution in [0.2, 0.25) is 0 Å². The highest BCUT2D eigenvalue weighted by molar-refractivity contribution is 8.93. The van der Waals surface area contributed by atoms with Gasteiger partial charge in [-0.3, -0.25) is 0 Å². The Kier molecular flexibility index (Phi) is 17.1. The summed E-state index contributed by atoms with van der Waals surface area (Å²) in [6.07, 6.45) is 7.86. The van der Waals surface area contributed by atoms with Crippen LogP contribution in [0.15, 0.2) is 0 Å². The zero-order valence-electron chi connectivity index (χ0n) is 8.70. The lowest BCUT2D eigenvalue weighted by Gasteiger charge is -2.08. The molecule has 2 nitrogen and oxygen atoms in total. The van der Waals surface area contributed by atoms with Crippen LogP contribution in [-0.2, 0) is 9.47 Å². The van der Waals surface area contributed by atoms with Crippen molar-refractivity contribution in [2.75, 3.05) is 26.4 Å². The van der Waals surface area contributed by atoms with E-state index in [9.17, 15) is 0 Å². The van der Waals surface area contributed by atoms with E-state index in [0.717, 1.165) is 26.4 Å². The van der Waals surface area contributed by atoms with Crippen molar-refractivity contribution in [3.05, 3.63) is 0 Å². The number of halogens is 2. The summed E-state index contributed by atoms with van der Waals surface area (Å²) in [5.74, 6) is 0. The maximum atomic E-state index is 5.07. The summed E-state index contributed by atoms with van der Waals surface area (Å²) in [6.45, 7) is 4.00. The molecule has 0 aromatic carbocycles. The second-order valence-corrected chi connectivity index (χ2v) is 3.35. The molecule has 0 bridgehead atoms. The molecule has 2 heterocycles. The predicted octanol–water partition coefficient (Wildman–Crippen LogP) is 3.53. The van der Waals surface area contributed by atoms with Gasteiger partial charge in [-0.15, -0.1) is 34.0 Å². The van der Waals surface area contributed by atoms with E-state index in [4.69, 9.17) is 9.47 Å². The molecule has 0 radical (unpaired) electrons. The first-order chi connectivity index (χ1) is 6.00. The molecule has 0 N–H and O–H groups in total. The van der Waals surface area contributed by atoms with Crippen LogP contribution in [0.5, 0.6) is 0 Å². The summed E-state index contributed by atoms with van der Waals surface area (Å²) in [6, 6.07) is 0. The Bertz CT molecular complexity index is 59.1. The Labute approximate surface area is 108 Å². The molecule has 2 saturated heterocycles. The van der Waals surface area contributed by atoms with Crippen molar-refractivity contribution in [1.82, 2.24) is 0 Å². The van der Waals surface area contributed by atoms with Crippen molar-refractivity contribution < 1.29 is 9.47 Å². The van der Waals surface area contributed by atoms with Crippen molar-refractivity contribution in [1.29, 1.82) is 0 Å². The molecule has 2 rings (SSSR count). The number of rotatable bonds is 0. The van der Waals surface area contributed by atoms with Gasteiger partial charge in [-0.1, -0.05) is 0 Å². The van der Waals surface area contributed by atoms with Gasteiger partial charge in [0.15, 0.2) is 0 Å². The molecule has 0 atom stereocenters. The molecule has 88 valence electrons. The van der Waals surface area contributed by atoms with Crippen LogP contribution in [-0.4, -0.2) is 26.4 Å². The minimum absolute atomic E-state index is 0. The standard InChI is InChI=1S/2C5H10O.2BrH/c2*1-2-4-6-5-3-1;;/h2*1-5H2;2*1H. The topological polar surface area (TPSA) is 18.5 Å². The summed E-state index contributed by atoms with van der Waals surface area (Å²) in [4.78, 5) is 0. The number of ether oxygens (including phenoxy) is 2. The smallest absolute Gasteiger partial charge is 0.0466 e. The second-order valence-electron chi connectivity index (χ2n) is 3.35. The summed E-state index contributed by atoms with van der Waals surface area (Å²) in [5.41, 5.74) is 0. The first-order valence-corrected chi connectivity index (χ1v) is 5.15. The molecule has 0 amide bonds. The van der Waals surface area contributed by atoms with Crippen LogP contribution >= 0.6 is 34.0 Å². The minimum Gasteiger partial charge on any atom is -0.381 e. The molecule has 14 heavy (non-hydrogen) atoms. The first-order valence-electron chi connectivity index (χ1n) is 5.15. The third-order valence-corrected chi connectivity index (χ3v) is 2.15. The maximum absolute atomic E-state index is 5.07. The van der Waals surface area contributed by atoms with E-state index in [1.165, 1.54) is 38.5 Å². The van der Waals surface area contributed by atoms with Crippen LogP contribution in [0, 0.1) is 0 Å². The molecule has 0 aromatic heterocycles. The Morgan fingerprint density at radius 3 is 0.786 bits per heavy atom. The van der Waals surface area contributed by atoms with Gasteiger partial charge >= 0.3 is 0 Å². The molecular formula is C10H22Br2O2. The zero-order chi connectivity index (χ0) is 8.49. The first kappa shape index (κ1) is 17.3. The number of hydrogen-bond acceptors (Lipinski definition) is 2. The van der Waals surface area contributed by atoms with Gasteiger partial charge in [0.1, 0.15) is 0 Å². The van der Waals surface area contributed by atoms with E-state index < -0.39 is 0 Å². The summed E-state index contributed by atoms with van der Waals surface area (Å²) in [5, 5.41) is 0. The molecule has 2 aliphatic rings. The fourth-order valence-corrected chi connectivity index (χ4v) is 1.37. The van der Waals surface area contributed by atoms with E-state index >= 15 is 0 Å². The molecule has 0 spiro atoms. The Morgan fingerprint density at radius 2 is 0.714 bits per heavy atom. The molecule has 0 unspecified atom stereocenters. The van der Waals surface area contributed by atoms with Crippen LogP contribution in [0.3, 0.4) is 0 Å². The highest BCUT2D eigenvalue weighted by atomic mass is 79.9. The Hall–Kier alpha value is 0.880. The van der Waals surface area contributed by atoms with E-state index in [1.807, 2.05) is 0 Å². The van der Waals surface area contributed by atoms with Gasteiger partial charge in [0.25, 0.3) is 0 Å². The predicted molar refractivity (Wildman–Crippen MR) is 70.0 cm³/mol. The van der Waals surface area contributed by atoms with Crippen molar-refractivity contribution >= 4 is 34.0 Å². The highest BCUT2D eigenvalue weighted by Crippen LogP contribution is 2.02. The Morgan fingerprint density at radius 1 is 0.429 bits per heavy atom. The van der Waals surface area contributed by atoms with Crippen molar-refractivity contribution in [3.63, 3.8) is 0 Å². The molecule has 4 heteroatoms. The second kappa shape index (κ2) is 13.9. The molecule has 0 aromatic rings. The lowest BCUT2D eigenvalue weighted by Crippen LogP contribution is -2.03. The largest absolute Gasteiger partial charge is 0.381 e. The Balaban J connectivity index is 0. The van der Waals surface area contributed by atoms with E-state index in [0.29, 0.717) is 0 Å². The minimum atomic E-state index is 0. The van der Waals surface area contributed by atoms with Crippen LogP contribution in [0.4, 0.5) is 0 Å². The van der Waals surface area contributed by atoms with Crippen LogP contribution < -0.4 is 0 Å². The fraction of sp³-hybridized carbons (Fsp3) is 1.00. The van der Waals surface area contributed by atoms with Gasteiger partial charge in [0, 0.05) is 26.4 Å². The van der Waals surface area contributed by atoms with Gasteiger partial charge in [-0.2, -0.15) is 0 Å². The van der Waals surface area contributed by atoms with Crippen molar-refractivity contribution in [2.45, 2.75) is 38.5 Å². The average molecular weight is 334 g/mol. The third-order valence-electron chi connectivity index (χ3n) is 2.15. The van der Waals surface area contributed by atoms with Gasteiger partial charge in [-0.05, 0) is 38.5 Å². The van der Waals surface area contributed by atoms with Gasteiger partial charge < -0.3 is 9.47 Å².